The van der Waals surface area contributed by atoms with Crippen molar-refractivity contribution in [3.8, 4) is 5.75 Å². The largest absolute Gasteiger partial charge is 0.497 e. The molecule has 1 aliphatic heterocycles. The van der Waals surface area contributed by atoms with E-state index >= 15 is 0 Å². The zero-order valence-corrected chi connectivity index (χ0v) is 17.5. The molecule has 0 aliphatic carbocycles. The molecule has 1 saturated heterocycles. The van der Waals surface area contributed by atoms with Crippen LogP contribution in [0.25, 0.3) is 0 Å². The standard InChI is InChI=1S/C23H27ClN2O3/c1-29-18-12-10-17(11-13-18)21-9-3-2-6-16-26(21)22(27)14-15-25-23(28)19-7-4-5-8-20(19)24/h4-5,7-8,10-13,21H,2-3,6,9,14-16H2,1H3,(H,25,28). The van der Waals surface area contributed by atoms with Gasteiger partial charge in [0.05, 0.1) is 23.7 Å². The molecule has 0 bridgehead atoms. The Balaban J connectivity index is 1.62. The number of carbonyl (C=O) groups is 2. The first kappa shape index (κ1) is 21.2. The molecule has 2 aromatic rings. The number of nitrogens with zero attached hydrogens (tertiary/aromatic N) is 1. The summed E-state index contributed by atoms with van der Waals surface area (Å²) in [5.41, 5.74) is 1.55. The second kappa shape index (κ2) is 10.3. The van der Waals surface area contributed by atoms with E-state index < -0.39 is 0 Å². The second-order valence-corrected chi connectivity index (χ2v) is 7.62. The molecule has 1 atom stereocenters. The zero-order valence-electron chi connectivity index (χ0n) is 16.7. The van der Waals surface area contributed by atoms with Crippen molar-refractivity contribution in [3.05, 3.63) is 64.7 Å². The Labute approximate surface area is 177 Å². The van der Waals surface area contributed by atoms with E-state index in [1.807, 2.05) is 29.2 Å². The van der Waals surface area contributed by atoms with Crippen LogP contribution in [0.1, 0.15) is 54.1 Å². The predicted octanol–water partition coefficient (Wildman–Crippen LogP) is 4.61. The first-order valence-electron chi connectivity index (χ1n) is 10.1. The van der Waals surface area contributed by atoms with Crippen molar-refractivity contribution < 1.29 is 14.3 Å². The van der Waals surface area contributed by atoms with E-state index in [4.69, 9.17) is 16.3 Å². The molecule has 154 valence electrons. The highest BCUT2D eigenvalue weighted by Crippen LogP contribution is 2.31. The molecule has 0 radical (unpaired) electrons. The Hall–Kier alpha value is -2.53. The average Bonchev–Trinajstić information content (AvgIpc) is 3.00. The van der Waals surface area contributed by atoms with Gasteiger partial charge in [0.25, 0.3) is 5.91 Å². The van der Waals surface area contributed by atoms with Crippen LogP contribution in [0.15, 0.2) is 48.5 Å². The predicted molar refractivity (Wildman–Crippen MR) is 114 cm³/mol. The highest BCUT2D eigenvalue weighted by atomic mass is 35.5. The number of nitrogens with one attached hydrogen (secondary N) is 1. The normalized spacial score (nSPS) is 16.8. The highest BCUT2D eigenvalue weighted by Gasteiger charge is 2.26. The maximum atomic E-state index is 13.0. The Kier molecular flexibility index (Phi) is 7.53. The molecule has 5 nitrogen and oxygen atoms in total. The number of hydrogen-bond acceptors (Lipinski definition) is 3. The lowest BCUT2D eigenvalue weighted by atomic mass is 10.0. The molecule has 1 heterocycles. The van der Waals surface area contributed by atoms with Gasteiger partial charge in [0.1, 0.15) is 5.75 Å². The number of rotatable bonds is 6. The van der Waals surface area contributed by atoms with Crippen molar-refractivity contribution in [3.63, 3.8) is 0 Å². The molecule has 2 amide bonds. The second-order valence-electron chi connectivity index (χ2n) is 7.21. The topological polar surface area (TPSA) is 58.6 Å². The number of carbonyl (C=O) groups excluding carboxylic acids is 2. The van der Waals surface area contributed by atoms with Crippen molar-refractivity contribution in [1.29, 1.82) is 0 Å². The number of amides is 2. The molecule has 1 fully saturated rings. The maximum absolute atomic E-state index is 13.0. The molecule has 6 heteroatoms. The summed E-state index contributed by atoms with van der Waals surface area (Å²) < 4.78 is 5.25. The quantitative estimate of drug-likeness (QED) is 0.750. The molecule has 1 aliphatic rings. The van der Waals surface area contributed by atoms with Gasteiger partial charge in [-0.15, -0.1) is 0 Å². The third-order valence-corrected chi connectivity index (χ3v) is 5.65. The van der Waals surface area contributed by atoms with Crippen LogP contribution in [-0.2, 0) is 4.79 Å². The fourth-order valence-electron chi connectivity index (χ4n) is 3.75. The number of ether oxygens (including phenoxy) is 1. The van der Waals surface area contributed by atoms with Gasteiger partial charge in [0, 0.05) is 19.5 Å². The van der Waals surface area contributed by atoms with Crippen molar-refractivity contribution in [2.75, 3.05) is 20.2 Å². The molecule has 1 N–H and O–H groups in total. The Bertz CT molecular complexity index is 838. The van der Waals surface area contributed by atoms with Gasteiger partial charge >= 0.3 is 0 Å². The summed E-state index contributed by atoms with van der Waals surface area (Å²) >= 11 is 6.06. The maximum Gasteiger partial charge on any atom is 0.252 e. The van der Waals surface area contributed by atoms with Crippen LogP contribution in [0.2, 0.25) is 5.02 Å². The van der Waals surface area contributed by atoms with Crippen LogP contribution in [0.4, 0.5) is 0 Å². The van der Waals surface area contributed by atoms with Crippen molar-refractivity contribution in [2.45, 2.75) is 38.1 Å². The number of halogens is 1. The van der Waals surface area contributed by atoms with Gasteiger partial charge in [-0.3, -0.25) is 9.59 Å². The lowest BCUT2D eigenvalue weighted by Crippen LogP contribution is -2.37. The van der Waals surface area contributed by atoms with E-state index in [2.05, 4.69) is 5.32 Å². The third kappa shape index (κ3) is 5.51. The first-order chi connectivity index (χ1) is 14.1. The number of likely N-dealkylation sites (tertiary alicyclic amines) is 1. The monoisotopic (exact) mass is 414 g/mol. The lowest BCUT2D eigenvalue weighted by molar-refractivity contribution is -0.133. The van der Waals surface area contributed by atoms with Crippen LogP contribution >= 0.6 is 11.6 Å². The molecule has 29 heavy (non-hydrogen) atoms. The van der Waals surface area contributed by atoms with E-state index in [0.29, 0.717) is 10.6 Å². The minimum atomic E-state index is -0.258. The van der Waals surface area contributed by atoms with Crippen molar-refractivity contribution in [2.24, 2.45) is 0 Å². The van der Waals surface area contributed by atoms with Crippen LogP contribution < -0.4 is 10.1 Å². The van der Waals surface area contributed by atoms with E-state index in [0.717, 1.165) is 43.5 Å². The molecule has 3 rings (SSSR count). The summed E-state index contributed by atoms with van der Waals surface area (Å²) in [6.07, 6.45) is 4.45. The molecular weight excluding hydrogens is 388 g/mol. The van der Waals surface area contributed by atoms with Gasteiger partial charge in [-0.25, -0.2) is 0 Å². The summed E-state index contributed by atoms with van der Waals surface area (Å²) in [4.78, 5) is 27.2. The van der Waals surface area contributed by atoms with Crippen LogP contribution in [0.3, 0.4) is 0 Å². The van der Waals surface area contributed by atoms with Gasteiger partial charge in [-0.2, -0.15) is 0 Å². The van der Waals surface area contributed by atoms with Gasteiger partial charge in [0.2, 0.25) is 5.91 Å². The smallest absolute Gasteiger partial charge is 0.252 e. The average molecular weight is 415 g/mol. The molecule has 0 saturated carbocycles. The Morgan fingerprint density at radius 1 is 1.10 bits per heavy atom. The van der Waals surface area contributed by atoms with Crippen LogP contribution in [0.5, 0.6) is 5.75 Å². The van der Waals surface area contributed by atoms with Gasteiger partial charge in [-0.1, -0.05) is 48.7 Å². The van der Waals surface area contributed by atoms with E-state index in [-0.39, 0.29) is 30.8 Å². The molecule has 0 aromatic heterocycles. The van der Waals surface area contributed by atoms with Crippen molar-refractivity contribution in [1.82, 2.24) is 10.2 Å². The Morgan fingerprint density at radius 3 is 2.59 bits per heavy atom. The van der Waals surface area contributed by atoms with Crippen LogP contribution in [-0.4, -0.2) is 36.9 Å². The van der Waals surface area contributed by atoms with Gasteiger partial charge in [0.15, 0.2) is 0 Å². The summed E-state index contributed by atoms with van der Waals surface area (Å²) in [6, 6.07) is 14.9. The minimum Gasteiger partial charge on any atom is -0.497 e. The minimum absolute atomic E-state index is 0.0622. The van der Waals surface area contributed by atoms with Crippen molar-refractivity contribution >= 4 is 23.4 Å². The van der Waals surface area contributed by atoms with Gasteiger partial charge < -0.3 is 15.0 Å². The highest BCUT2D eigenvalue weighted by molar-refractivity contribution is 6.33. The Morgan fingerprint density at radius 2 is 1.86 bits per heavy atom. The van der Waals surface area contributed by atoms with E-state index in [9.17, 15) is 9.59 Å². The molecular formula is C23H27ClN2O3. The number of hydrogen-bond donors (Lipinski definition) is 1. The fraction of sp³-hybridized carbons (Fsp3) is 0.391. The number of methoxy groups -OCH3 is 1. The van der Waals surface area contributed by atoms with Gasteiger partial charge in [-0.05, 0) is 42.7 Å². The van der Waals surface area contributed by atoms with E-state index in [1.165, 1.54) is 0 Å². The molecule has 2 aromatic carbocycles. The zero-order chi connectivity index (χ0) is 20.6. The molecule has 1 unspecified atom stereocenters. The van der Waals surface area contributed by atoms with Crippen LogP contribution in [0, 0.1) is 0 Å². The first-order valence-corrected chi connectivity index (χ1v) is 10.4. The third-order valence-electron chi connectivity index (χ3n) is 5.32. The fourth-order valence-corrected chi connectivity index (χ4v) is 3.97. The lowest BCUT2D eigenvalue weighted by Gasteiger charge is -2.31. The SMILES string of the molecule is COc1ccc(C2CCCCCN2C(=O)CCNC(=O)c2ccccc2Cl)cc1. The summed E-state index contributed by atoms with van der Waals surface area (Å²) in [7, 11) is 1.65. The summed E-state index contributed by atoms with van der Waals surface area (Å²) in [5.74, 6) is 0.612. The number of benzene rings is 2. The van der Waals surface area contributed by atoms with E-state index in [1.54, 1.807) is 31.4 Å². The summed E-state index contributed by atoms with van der Waals surface area (Å²) in [6.45, 7) is 1.03. The summed E-state index contributed by atoms with van der Waals surface area (Å²) in [5, 5.41) is 3.21. The molecule has 0 spiro atoms.